The van der Waals surface area contributed by atoms with Gasteiger partial charge in [-0.3, -0.25) is 4.99 Å². The molecule has 0 aliphatic rings. The lowest BCUT2D eigenvalue weighted by Crippen LogP contribution is -2.38. The summed E-state index contributed by atoms with van der Waals surface area (Å²) in [6, 6.07) is 10.3. The Labute approximate surface area is 153 Å². The van der Waals surface area contributed by atoms with Crippen molar-refractivity contribution in [3.8, 4) is 0 Å². The largest absolute Gasteiger partial charge is 0.382 e. The molecule has 5 nitrogen and oxygen atoms in total. The molecule has 0 saturated carbocycles. The quantitative estimate of drug-likeness (QED) is 0.325. The minimum atomic E-state index is 0.127. The molecule has 1 unspecified atom stereocenters. The first-order chi connectivity index (χ1) is 12.3. The van der Waals surface area contributed by atoms with Crippen LogP contribution >= 0.6 is 0 Å². The first-order valence-corrected chi connectivity index (χ1v) is 9.54. The number of hydrogen-bond acceptors (Lipinski definition) is 3. The fraction of sp³-hybridized carbons (Fsp3) is 0.650. The van der Waals surface area contributed by atoms with E-state index in [0.717, 1.165) is 58.1 Å². The highest BCUT2D eigenvalue weighted by Crippen LogP contribution is 2.15. The maximum Gasteiger partial charge on any atom is 0.191 e. The van der Waals surface area contributed by atoms with Gasteiger partial charge in [-0.15, -0.1) is 0 Å². The molecule has 0 saturated heterocycles. The molecule has 0 aliphatic carbocycles. The highest BCUT2D eigenvalue weighted by atomic mass is 16.5. The van der Waals surface area contributed by atoms with Gasteiger partial charge in [-0.05, 0) is 45.6 Å². The number of benzene rings is 1. The van der Waals surface area contributed by atoms with Crippen molar-refractivity contribution in [2.75, 3.05) is 39.5 Å². The number of aliphatic imine (C=N–C) groups is 1. The van der Waals surface area contributed by atoms with Gasteiger partial charge < -0.3 is 20.1 Å². The lowest BCUT2D eigenvalue weighted by molar-refractivity contribution is 0.0652. The second-order valence-electron chi connectivity index (χ2n) is 5.87. The van der Waals surface area contributed by atoms with Crippen molar-refractivity contribution < 1.29 is 9.47 Å². The lowest BCUT2D eigenvalue weighted by atomic mass is 10.1. The van der Waals surface area contributed by atoms with E-state index in [1.165, 1.54) is 5.56 Å². The summed E-state index contributed by atoms with van der Waals surface area (Å²) in [6.07, 6.45) is 3.20. The maximum absolute atomic E-state index is 5.88. The molecule has 25 heavy (non-hydrogen) atoms. The predicted octanol–water partition coefficient (Wildman–Crippen LogP) is 3.53. The van der Waals surface area contributed by atoms with E-state index >= 15 is 0 Å². The summed E-state index contributed by atoms with van der Waals surface area (Å²) < 4.78 is 11.2. The van der Waals surface area contributed by atoms with Gasteiger partial charge in [-0.25, -0.2) is 0 Å². The Morgan fingerprint density at radius 1 is 1.04 bits per heavy atom. The Morgan fingerprint density at radius 2 is 1.84 bits per heavy atom. The van der Waals surface area contributed by atoms with Crippen molar-refractivity contribution in [2.45, 2.75) is 46.1 Å². The average Bonchev–Trinajstić information content (AvgIpc) is 2.64. The number of unbranched alkanes of at least 4 members (excludes halogenated alkanes) is 1. The molecule has 0 spiro atoms. The molecule has 0 fully saturated rings. The van der Waals surface area contributed by atoms with Crippen LogP contribution in [0.2, 0.25) is 0 Å². The van der Waals surface area contributed by atoms with Gasteiger partial charge in [0.25, 0.3) is 0 Å². The first kappa shape index (κ1) is 21.5. The van der Waals surface area contributed by atoms with Crippen LogP contribution in [0.3, 0.4) is 0 Å². The second-order valence-corrected chi connectivity index (χ2v) is 5.87. The van der Waals surface area contributed by atoms with E-state index in [4.69, 9.17) is 9.47 Å². The summed E-state index contributed by atoms with van der Waals surface area (Å²) in [4.78, 5) is 4.60. The van der Waals surface area contributed by atoms with E-state index in [9.17, 15) is 0 Å². The van der Waals surface area contributed by atoms with Gasteiger partial charge in [0.1, 0.15) is 0 Å². The predicted molar refractivity (Wildman–Crippen MR) is 105 cm³/mol. The van der Waals surface area contributed by atoms with Crippen LogP contribution in [0.25, 0.3) is 0 Å². The molecule has 2 N–H and O–H groups in total. The van der Waals surface area contributed by atoms with Gasteiger partial charge in [0, 0.05) is 39.5 Å². The molecule has 1 aromatic carbocycles. The summed E-state index contributed by atoms with van der Waals surface area (Å²) in [5, 5.41) is 6.64. The molecular weight excluding hydrogens is 314 g/mol. The summed E-state index contributed by atoms with van der Waals surface area (Å²) >= 11 is 0. The van der Waals surface area contributed by atoms with Gasteiger partial charge in [0.2, 0.25) is 0 Å². The van der Waals surface area contributed by atoms with Crippen LogP contribution in [-0.2, 0) is 9.47 Å². The number of nitrogens with zero attached hydrogens (tertiary/aromatic N) is 1. The third-order valence-corrected chi connectivity index (χ3v) is 3.77. The van der Waals surface area contributed by atoms with Crippen molar-refractivity contribution in [1.29, 1.82) is 0 Å². The fourth-order valence-corrected chi connectivity index (χ4v) is 2.36. The molecule has 5 heteroatoms. The zero-order valence-electron chi connectivity index (χ0n) is 16.1. The SMILES string of the molecule is CCNC(=NCCCOC(C)c1ccccc1)NCCCCOCC. The highest BCUT2D eigenvalue weighted by molar-refractivity contribution is 5.79. The van der Waals surface area contributed by atoms with Crippen molar-refractivity contribution >= 4 is 5.96 Å². The van der Waals surface area contributed by atoms with Gasteiger partial charge in [0.05, 0.1) is 6.10 Å². The normalized spacial score (nSPS) is 12.8. The van der Waals surface area contributed by atoms with Crippen LogP contribution in [-0.4, -0.2) is 45.4 Å². The standard InChI is InChI=1S/C20H35N3O2/c1-4-21-20(22-14-9-10-16-24-5-2)23-15-11-17-25-18(3)19-12-7-6-8-13-19/h6-8,12-13,18H,4-5,9-11,14-17H2,1-3H3,(H2,21,22,23). The van der Waals surface area contributed by atoms with E-state index in [1.54, 1.807) is 0 Å². The monoisotopic (exact) mass is 349 g/mol. The molecule has 0 aliphatic heterocycles. The van der Waals surface area contributed by atoms with Gasteiger partial charge in [0.15, 0.2) is 5.96 Å². The third-order valence-electron chi connectivity index (χ3n) is 3.77. The number of hydrogen-bond donors (Lipinski definition) is 2. The lowest BCUT2D eigenvalue weighted by Gasteiger charge is -2.13. The molecule has 1 aromatic rings. The summed E-state index contributed by atoms with van der Waals surface area (Å²) in [5.74, 6) is 0.884. The topological polar surface area (TPSA) is 54.9 Å². The van der Waals surface area contributed by atoms with Crippen LogP contribution in [0, 0.1) is 0 Å². The third kappa shape index (κ3) is 10.8. The number of ether oxygens (including phenoxy) is 2. The zero-order chi connectivity index (χ0) is 18.2. The van der Waals surface area contributed by atoms with E-state index < -0.39 is 0 Å². The summed E-state index contributed by atoms with van der Waals surface area (Å²) in [7, 11) is 0. The Kier molecular flexibility index (Phi) is 12.6. The molecule has 0 radical (unpaired) electrons. The molecule has 0 heterocycles. The van der Waals surface area contributed by atoms with Crippen molar-refractivity contribution in [1.82, 2.24) is 10.6 Å². The highest BCUT2D eigenvalue weighted by Gasteiger charge is 2.04. The Morgan fingerprint density at radius 3 is 2.56 bits per heavy atom. The van der Waals surface area contributed by atoms with Crippen molar-refractivity contribution in [3.05, 3.63) is 35.9 Å². The minimum absolute atomic E-state index is 0.127. The molecule has 0 bridgehead atoms. The Hall–Kier alpha value is -1.59. The maximum atomic E-state index is 5.88. The number of guanidine groups is 1. The number of rotatable bonds is 13. The van der Waals surface area contributed by atoms with E-state index in [0.29, 0.717) is 6.61 Å². The van der Waals surface area contributed by atoms with E-state index in [2.05, 4.69) is 41.6 Å². The minimum Gasteiger partial charge on any atom is -0.382 e. The first-order valence-electron chi connectivity index (χ1n) is 9.54. The average molecular weight is 350 g/mol. The van der Waals surface area contributed by atoms with E-state index in [-0.39, 0.29) is 6.10 Å². The smallest absolute Gasteiger partial charge is 0.191 e. The van der Waals surface area contributed by atoms with Crippen LogP contribution < -0.4 is 10.6 Å². The van der Waals surface area contributed by atoms with Gasteiger partial charge in [-0.1, -0.05) is 30.3 Å². The molecule has 0 amide bonds. The van der Waals surface area contributed by atoms with Crippen molar-refractivity contribution in [3.63, 3.8) is 0 Å². The second kappa shape index (κ2) is 14.7. The summed E-state index contributed by atoms with van der Waals surface area (Å²) in [6.45, 7) is 11.1. The summed E-state index contributed by atoms with van der Waals surface area (Å²) in [5.41, 5.74) is 1.22. The van der Waals surface area contributed by atoms with Crippen LogP contribution in [0.5, 0.6) is 0 Å². The van der Waals surface area contributed by atoms with Gasteiger partial charge in [-0.2, -0.15) is 0 Å². The van der Waals surface area contributed by atoms with Gasteiger partial charge >= 0.3 is 0 Å². The molecule has 0 aromatic heterocycles. The zero-order valence-corrected chi connectivity index (χ0v) is 16.1. The molecular formula is C20H35N3O2. The Bertz CT molecular complexity index is 452. The van der Waals surface area contributed by atoms with Crippen molar-refractivity contribution in [2.24, 2.45) is 4.99 Å². The van der Waals surface area contributed by atoms with Crippen LogP contribution in [0.1, 0.15) is 51.7 Å². The molecule has 142 valence electrons. The molecule has 1 atom stereocenters. The van der Waals surface area contributed by atoms with Crippen LogP contribution in [0.4, 0.5) is 0 Å². The number of nitrogens with one attached hydrogen (secondary N) is 2. The molecule has 1 rings (SSSR count). The van der Waals surface area contributed by atoms with E-state index in [1.807, 2.05) is 25.1 Å². The Balaban J connectivity index is 2.17. The van der Waals surface area contributed by atoms with Crippen LogP contribution in [0.15, 0.2) is 35.3 Å². The fourth-order valence-electron chi connectivity index (χ4n) is 2.36.